The number of hydrogen-bond acceptors (Lipinski definition) is 6. The molecule has 0 N–H and O–H groups in total. The molecule has 0 saturated carbocycles. The second-order valence-corrected chi connectivity index (χ2v) is 6.32. The summed E-state index contributed by atoms with van der Waals surface area (Å²) in [5.74, 6) is -1.08. The zero-order chi connectivity index (χ0) is 21.4. The van der Waals surface area contributed by atoms with Crippen molar-refractivity contribution < 1.29 is 28.6 Å². The topological polar surface area (TPSA) is 78.9 Å². The van der Waals surface area contributed by atoms with Gasteiger partial charge in [-0.15, -0.1) is 0 Å². The third-order valence-corrected chi connectivity index (χ3v) is 3.77. The van der Waals surface area contributed by atoms with Crippen LogP contribution in [0.4, 0.5) is 0 Å². The zero-order valence-corrected chi connectivity index (χ0v) is 16.4. The van der Waals surface area contributed by atoms with Gasteiger partial charge in [0.05, 0.1) is 5.56 Å². The van der Waals surface area contributed by atoms with Gasteiger partial charge in [0.25, 0.3) is 0 Å². The van der Waals surface area contributed by atoms with Crippen LogP contribution in [0.25, 0.3) is 11.1 Å². The number of hydrogen-bond donors (Lipinski definition) is 0. The highest BCUT2D eigenvalue weighted by Crippen LogP contribution is 2.23. The van der Waals surface area contributed by atoms with E-state index in [0.29, 0.717) is 16.9 Å². The fourth-order valence-corrected chi connectivity index (χ4v) is 2.18. The highest BCUT2D eigenvalue weighted by Gasteiger charge is 2.10. The Morgan fingerprint density at radius 1 is 0.724 bits per heavy atom. The maximum atomic E-state index is 12.0. The van der Waals surface area contributed by atoms with Crippen molar-refractivity contribution in [3.8, 4) is 16.9 Å². The lowest BCUT2D eigenvalue weighted by Crippen LogP contribution is -2.14. The second kappa shape index (κ2) is 10.0. The van der Waals surface area contributed by atoms with Crippen LogP contribution in [0, 0.1) is 0 Å². The molecule has 0 spiro atoms. The van der Waals surface area contributed by atoms with E-state index in [-0.39, 0.29) is 18.8 Å². The number of rotatable bonds is 8. The first kappa shape index (κ1) is 21.6. The van der Waals surface area contributed by atoms with Crippen molar-refractivity contribution >= 4 is 17.9 Å². The highest BCUT2D eigenvalue weighted by molar-refractivity contribution is 5.90. The second-order valence-electron chi connectivity index (χ2n) is 6.32. The summed E-state index contributed by atoms with van der Waals surface area (Å²) in [4.78, 5) is 34.8. The molecule has 6 nitrogen and oxygen atoms in total. The van der Waals surface area contributed by atoms with Gasteiger partial charge in [-0.25, -0.2) is 14.4 Å². The van der Waals surface area contributed by atoms with Crippen molar-refractivity contribution in [1.29, 1.82) is 0 Å². The Morgan fingerprint density at radius 3 is 1.72 bits per heavy atom. The largest absolute Gasteiger partial charge is 0.459 e. The van der Waals surface area contributed by atoms with E-state index in [4.69, 9.17) is 14.2 Å². The van der Waals surface area contributed by atoms with Gasteiger partial charge in [-0.05, 0) is 49.2 Å². The van der Waals surface area contributed by atoms with Crippen LogP contribution in [0.1, 0.15) is 24.2 Å². The lowest BCUT2D eigenvalue weighted by molar-refractivity contribution is -0.140. The molecule has 0 saturated heterocycles. The normalized spacial score (nSPS) is 10.0. The number of ether oxygens (including phenoxy) is 3. The Hall–Kier alpha value is -3.67. The average molecular weight is 394 g/mol. The maximum absolute atomic E-state index is 12.0. The Morgan fingerprint density at radius 2 is 1.21 bits per heavy atom. The third kappa shape index (κ3) is 6.46. The molecule has 0 unspecified atom stereocenters. The third-order valence-electron chi connectivity index (χ3n) is 3.77. The van der Waals surface area contributed by atoms with Crippen molar-refractivity contribution in [2.45, 2.75) is 13.8 Å². The smallest absolute Gasteiger partial charge is 0.338 e. The predicted molar refractivity (Wildman–Crippen MR) is 108 cm³/mol. The summed E-state index contributed by atoms with van der Waals surface area (Å²) in [6.07, 6.45) is 0. The minimum absolute atomic E-state index is 0.0299. The molecule has 2 rings (SSSR count). The van der Waals surface area contributed by atoms with Gasteiger partial charge in [0.1, 0.15) is 19.0 Å². The molecule has 0 radical (unpaired) electrons. The van der Waals surface area contributed by atoms with E-state index in [2.05, 4.69) is 13.2 Å². The molecule has 2 aromatic carbocycles. The first-order valence-electron chi connectivity index (χ1n) is 8.86. The molecule has 0 aromatic heterocycles. The molecule has 0 atom stereocenters. The highest BCUT2D eigenvalue weighted by atomic mass is 16.6. The number of esters is 3. The van der Waals surface area contributed by atoms with Gasteiger partial charge in [0.2, 0.25) is 0 Å². The van der Waals surface area contributed by atoms with E-state index < -0.39 is 17.9 Å². The van der Waals surface area contributed by atoms with E-state index in [1.54, 1.807) is 43.3 Å². The zero-order valence-electron chi connectivity index (χ0n) is 16.4. The molecule has 150 valence electrons. The summed E-state index contributed by atoms with van der Waals surface area (Å²) >= 11 is 0. The Bertz CT molecular complexity index is 923. The average Bonchev–Trinajstić information content (AvgIpc) is 2.71. The van der Waals surface area contributed by atoms with Crippen LogP contribution in [0.5, 0.6) is 5.75 Å². The Kier molecular flexibility index (Phi) is 7.48. The summed E-state index contributed by atoms with van der Waals surface area (Å²) in [5.41, 5.74) is 2.77. The van der Waals surface area contributed by atoms with Crippen molar-refractivity contribution in [3.05, 3.63) is 78.4 Å². The lowest BCUT2D eigenvalue weighted by atomic mass is 10.0. The van der Waals surface area contributed by atoms with Gasteiger partial charge < -0.3 is 14.2 Å². The number of benzene rings is 2. The molecule has 0 heterocycles. The predicted octanol–water partition coefficient (Wildman–Crippen LogP) is 4.11. The fraction of sp³-hybridized carbons (Fsp3) is 0.174. The molecule has 0 aliphatic heterocycles. The lowest BCUT2D eigenvalue weighted by Gasteiger charge is -2.08. The molecule has 2 aromatic rings. The van der Waals surface area contributed by atoms with E-state index in [0.717, 1.165) is 11.1 Å². The molecular weight excluding hydrogens is 372 g/mol. The molecule has 0 bridgehead atoms. The molecular formula is C23H22O6. The minimum atomic E-state index is -0.522. The van der Waals surface area contributed by atoms with Gasteiger partial charge >= 0.3 is 17.9 Å². The van der Waals surface area contributed by atoms with Crippen molar-refractivity contribution in [3.63, 3.8) is 0 Å². The van der Waals surface area contributed by atoms with Crippen LogP contribution in [-0.2, 0) is 19.1 Å². The first-order valence-corrected chi connectivity index (χ1v) is 8.86. The summed E-state index contributed by atoms with van der Waals surface area (Å²) in [7, 11) is 0. The van der Waals surface area contributed by atoms with Gasteiger partial charge in [-0.3, -0.25) is 0 Å². The van der Waals surface area contributed by atoms with Crippen LogP contribution in [0.15, 0.2) is 72.8 Å². The van der Waals surface area contributed by atoms with E-state index in [1.807, 2.05) is 12.1 Å². The van der Waals surface area contributed by atoms with Gasteiger partial charge in [-0.2, -0.15) is 0 Å². The Balaban J connectivity index is 1.91. The quantitative estimate of drug-likeness (QED) is 0.290. The Labute approximate surface area is 169 Å². The van der Waals surface area contributed by atoms with E-state index in [9.17, 15) is 14.4 Å². The van der Waals surface area contributed by atoms with Crippen LogP contribution in [-0.4, -0.2) is 31.1 Å². The standard InChI is InChI=1S/C23H22O6/c1-15(2)21(24)27-13-14-28-23(26)19-7-5-17(6-8-19)18-9-11-20(12-10-18)29-22(25)16(3)4/h5-12H,1,3,13-14H2,2,4H3. The SMILES string of the molecule is C=C(C)C(=O)OCCOC(=O)c1ccc(-c2ccc(OC(=O)C(=C)C)cc2)cc1. The molecule has 0 fully saturated rings. The maximum Gasteiger partial charge on any atom is 0.338 e. The molecule has 0 amide bonds. The van der Waals surface area contributed by atoms with E-state index >= 15 is 0 Å². The minimum Gasteiger partial charge on any atom is -0.459 e. The summed E-state index contributed by atoms with van der Waals surface area (Å²) in [6, 6.07) is 13.8. The van der Waals surface area contributed by atoms with Gasteiger partial charge in [0.15, 0.2) is 0 Å². The fourth-order valence-electron chi connectivity index (χ4n) is 2.18. The summed E-state index contributed by atoms with van der Waals surface area (Å²) in [5, 5.41) is 0. The van der Waals surface area contributed by atoms with Crippen LogP contribution < -0.4 is 4.74 Å². The van der Waals surface area contributed by atoms with Crippen molar-refractivity contribution in [1.82, 2.24) is 0 Å². The van der Waals surface area contributed by atoms with E-state index in [1.165, 1.54) is 6.92 Å². The van der Waals surface area contributed by atoms with Crippen LogP contribution >= 0.6 is 0 Å². The molecule has 0 aliphatic carbocycles. The molecule has 29 heavy (non-hydrogen) atoms. The summed E-state index contributed by atoms with van der Waals surface area (Å²) < 4.78 is 15.1. The number of carbonyl (C=O) groups is 3. The molecule has 6 heteroatoms. The van der Waals surface area contributed by atoms with Gasteiger partial charge in [0, 0.05) is 11.1 Å². The monoisotopic (exact) mass is 394 g/mol. The number of carbonyl (C=O) groups excluding carboxylic acids is 3. The van der Waals surface area contributed by atoms with Crippen LogP contribution in [0.3, 0.4) is 0 Å². The van der Waals surface area contributed by atoms with Gasteiger partial charge in [-0.1, -0.05) is 37.4 Å². The van der Waals surface area contributed by atoms with Crippen LogP contribution in [0.2, 0.25) is 0 Å². The van der Waals surface area contributed by atoms with Crippen molar-refractivity contribution in [2.24, 2.45) is 0 Å². The molecule has 0 aliphatic rings. The first-order chi connectivity index (χ1) is 13.8. The van der Waals surface area contributed by atoms with Crippen molar-refractivity contribution in [2.75, 3.05) is 13.2 Å². The summed E-state index contributed by atoms with van der Waals surface area (Å²) in [6.45, 7) is 10.1.